The van der Waals surface area contributed by atoms with Gasteiger partial charge in [-0.2, -0.15) is 8.42 Å². The van der Waals surface area contributed by atoms with Gasteiger partial charge in [0.1, 0.15) is 0 Å². The third kappa shape index (κ3) is 7.39. The molecule has 0 bridgehead atoms. The maximum Gasteiger partial charge on any atom is 0.270 e. The molecule has 0 spiro atoms. The molecule has 1 aromatic carbocycles. The van der Waals surface area contributed by atoms with Crippen LogP contribution in [0, 0.1) is 10.1 Å². The molecule has 1 heterocycles. The van der Waals surface area contributed by atoms with Crippen LogP contribution in [-0.4, -0.2) is 78.0 Å². The zero-order valence-corrected chi connectivity index (χ0v) is 20.5. The molecule has 2 rings (SSSR count). The van der Waals surface area contributed by atoms with Crippen LogP contribution in [0.25, 0.3) is 0 Å². The van der Waals surface area contributed by atoms with Crippen molar-refractivity contribution < 1.29 is 25.9 Å². The molecule has 10 nitrogen and oxygen atoms in total. The van der Waals surface area contributed by atoms with Crippen molar-refractivity contribution in [2.24, 2.45) is 0 Å². The summed E-state index contributed by atoms with van der Waals surface area (Å²) in [7, 11) is -5.48. The number of sulfone groups is 1. The molecule has 1 fully saturated rings. The van der Waals surface area contributed by atoms with E-state index >= 15 is 0 Å². The molecule has 0 N–H and O–H groups in total. The molecule has 1 saturated heterocycles. The van der Waals surface area contributed by atoms with Crippen LogP contribution >= 0.6 is 0 Å². The lowest BCUT2D eigenvalue weighted by Crippen LogP contribution is -2.33. The second kappa shape index (κ2) is 11.4. The Bertz CT molecular complexity index is 986. The predicted octanol–water partition coefficient (Wildman–Crippen LogP) is 2.44. The van der Waals surface area contributed by atoms with Crippen molar-refractivity contribution >= 4 is 31.3 Å². The van der Waals surface area contributed by atoms with Crippen LogP contribution in [0.15, 0.2) is 23.1 Å². The van der Waals surface area contributed by atoms with Crippen LogP contribution in [0.1, 0.15) is 39.0 Å². The van der Waals surface area contributed by atoms with Crippen LogP contribution < -0.4 is 4.90 Å². The number of non-ortho nitro benzene ring substituents is 1. The lowest BCUT2D eigenvalue weighted by atomic mass is 10.1. The van der Waals surface area contributed by atoms with E-state index in [4.69, 9.17) is 4.18 Å². The largest absolute Gasteiger partial charge is 0.368 e. The quantitative estimate of drug-likeness (QED) is 0.275. The van der Waals surface area contributed by atoms with Crippen molar-refractivity contribution in [3.05, 3.63) is 28.3 Å². The van der Waals surface area contributed by atoms with Gasteiger partial charge >= 0.3 is 0 Å². The summed E-state index contributed by atoms with van der Waals surface area (Å²) in [4.78, 5) is 14.6. The first-order valence-electron chi connectivity index (χ1n) is 10.8. The normalized spacial score (nSPS) is 17.0. The van der Waals surface area contributed by atoms with Crippen LogP contribution in [-0.2, 0) is 24.1 Å². The van der Waals surface area contributed by atoms with Gasteiger partial charge in [-0.25, -0.2) is 8.42 Å². The van der Waals surface area contributed by atoms with Crippen molar-refractivity contribution in [1.29, 1.82) is 0 Å². The number of benzene rings is 1. The number of hydrogen-bond acceptors (Lipinski definition) is 9. The van der Waals surface area contributed by atoms with Crippen molar-refractivity contribution in [2.45, 2.75) is 49.2 Å². The monoisotopic (exact) mass is 491 g/mol. The summed E-state index contributed by atoms with van der Waals surface area (Å²) in [5, 5.41) is 10.8. The summed E-state index contributed by atoms with van der Waals surface area (Å²) in [5.74, 6) is 0. The van der Waals surface area contributed by atoms with Crippen molar-refractivity contribution in [1.82, 2.24) is 4.90 Å². The number of nitro groups is 1. The fourth-order valence-electron chi connectivity index (χ4n) is 3.95. The number of hydrogen-bond donors (Lipinski definition) is 0. The molecule has 0 unspecified atom stereocenters. The average Bonchev–Trinajstić information content (AvgIpc) is 2.68. The summed E-state index contributed by atoms with van der Waals surface area (Å²) < 4.78 is 54.9. The van der Waals surface area contributed by atoms with Gasteiger partial charge in [0.25, 0.3) is 15.8 Å². The first-order valence-corrected chi connectivity index (χ1v) is 14.1. The van der Waals surface area contributed by atoms with E-state index in [1.165, 1.54) is 12.1 Å². The molecule has 32 heavy (non-hydrogen) atoms. The zero-order valence-electron chi connectivity index (χ0n) is 18.9. The Morgan fingerprint density at radius 2 is 1.78 bits per heavy atom. The molecule has 0 amide bonds. The van der Waals surface area contributed by atoms with E-state index in [1.807, 2.05) is 14.0 Å². The van der Waals surface area contributed by atoms with Gasteiger partial charge in [0, 0.05) is 25.2 Å². The molecule has 0 saturated carbocycles. The average molecular weight is 492 g/mol. The zero-order chi connectivity index (χ0) is 23.9. The van der Waals surface area contributed by atoms with Gasteiger partial charge in [0.05, 0.1) is 33.6 Å². The van der Waals surface area contributed by atoms with Crippen LogP contribution in [0.2, 0.25) is 0 Å². The van der Waals surface area contributed by atoms with E-state index in [0.717, 1.165) is 38.3 Å². The molecule has 0 aliphatic carbocycles. The Morgan fingerprint density at radius 3 is 2.31 bits per heavy atom. The van der Waals surface area contributed by atoms with Gasteiger partial charge in [-0.1, -0.05) is 6.92 Å². The summed E-state index contributed by atoms with van der Waals surface area (Å²) >= 11 is 0. The van der Waals surface area contributed by atoms with Crippen LogP contribution in [0.4, 0.5) is 11.4 Å². The highest BCUT2D eigenvalue weighted by Gasteiger charge is 2.33. The maximum absolute atomic E-state index is 13.7. The molecule has 1 aromatic rings. The minimum Gasteiger partial charge on any atom is -0.368 e. The predicted molar refractivity (Wildman–Crippen MR) is 123 cm³/mol. The lowest BCUT2D eigenvalue weighted by Gasteiger charge is -2.29. The fraction of sp³-hybridized carbons (Fsp3) is 0.700. The molecular weight excluding hydrogens is 458 g/mol. The number of likely N-dealkylation sites (tertiary alicyclic amines) is 1. The highest BCUT2D eigenvalue weighted by molar-refractivity contribution is 7.92. The van der Waals surface area contributed by atoms with E-state index in [9.17, 15) is 26.9 Å². The second-order valence-corrected chi connectivity index (χ2v) is 12.0. The first kappa shape index (κ1) is 26.5. The molecule has 182 valence electrons. The van der Waals surface area contributed by atoms with Gasteiger partial charge in [-0.3, -0.25) is 14.3 Å². The molecule has 1 aliphatic heterocycles. The fourth-order valence-corrected chi connectivity index (χ4v) is 6.41. The Kier molecular flexibility index (Phi) is 9.43. The maximum atomic E-state index is 13.7. The van der Waals surface area contributed by atoms with Gasteiger partial charge in [0.15, 0.2) is 9.84 Å². The number of nitrogens with zero attached hydrogens (tertiary/aromatic N) is 3. The third-order valence-electron chi connectivity index (χ3n) is 5.52. The highest BCUT2D eigenvalue weighted by Crippen LogP contribution is 2.34. The summed E-state index contributed by atoms with van der Waals surface area (Å²) in [5.41, 5.74) is 0.0514. The number of nitro benzene ring substituents is 1. The smallest absolute Gasteiger partial charge is 0.270 e. The Labute approximate surface area is 190 Å². The summed E-state index contributed by atoms with van der Waals surface area (Å²) in [6.07, 6.45) is 4.05. The molecule has 0 atom stereocenters. The van der Waals surface area contributed by atoms with Crippen LogP contribution in [0.3, 0.4) is 0 Å². The number of anilines is 1. The van der Waals surface area contributed by atoms with E-state index in [-0.39, 0.29) is 23.7 Å². The van der Waals surface area contributed by atoms with E-state index in [1.54, 1.807) is 4.90 Å². The van der Waals surface area contributed by atoms with Gasteiger partial charge < -0.3 is 9.80 Å². The van der Waals surface area contributed by atoms with E-state index in [0.29, 0.717) is 31.5 Å². The lowest BCUT2D eigenvalue weighted by molar-refractivity contribution is -0.385. The Balaban J connectivity index is 2.45. The highest BCUT2D eigenvalue weighted by atomic mass is 32.2. The molecule has 12 heteroatoms. The van der Waals surface area contributed by atoms with Gasteiger partial charge in [-0.15, -0.1) is 0 Å². The van der Waals surface area contributed by atoms with Gasteiger partial charge in [-0.05, 0) is 58.3 Å². The molecule has 0 radical (unpaired) electrons. The Morgan fingerprint density at radius 1 is 1.16 bits per heavy atom. The molecule has 1 aliphatic rings. The van der Waals surface area contributed by atoms with E-state index < -0.39 is 30.1 Å². The van der Waals surface area contributed by atoms with Crippen molar-refractivity contribution in [3.8, 4) is 0 Å². The van der Waals surface area contributed by atoms with Crippen molar-refractivity contribution in [2.75, 3.05) is 51.0 Å². The summed E-state index contributed by atoms with van der Waals surface area (Å²) in [6, 6.07) is 3.86. The number of rotatable bonds is 10. The first-order chi connectivity index (χ1) is 15.0. The Hall–Kier alpha value is -1.76. The minimum atomic E-state index is -3.85. The van der Waals surface area contributed by atoms with Gasteiger partial charge in [0.2, 0.25) is 0 Å². The SMILES string of the molecule is CCCN(CCOS(C)(=O)=O)c1ccc([N+](=O)[O-])cc1S(=O)(=O)C1CCCN(C)CCC1. The third-order valence-corrected chi connectivity index (χ3v) is 8.41. The van der Waals surface area contributed by atoms with Crippen molar-refractivity contribution in [3.63, 3.8) is 0 Å². The second-order valence-electron chi connectivity index (χ2n) is 8.18. The molecular formula is C20H33N3O7S2. The minimum absolute atomic E-state index is 0.0709. The van der Waals surface area contributed by atoms with Crippen LogP contribution in [0.5, 0.6) is 0 Å². The van der Waals surface area contributed by atoms with E-state index in [2.05, 4.69) is 4.90 Å². The molecule has 0 aromatic heterocycles. The topological polar surface area (TPSA) is 127 Å². The standard InChI is InChI=1S/C20H33N3O7S2/c1-4-11-22(14-15-30-31(3,26)27)19-10-9-17(23(24)25)16-20(19)32(28,29)18-7-5-12-21(2)13-6-8-18/h9-10,16,18H,4-8,11-15H2,1-3H3. The summed E-state index contributed by atoms with van der Waals surface area (Å²) in [6.45, 7) is 3.96.